The van der Waals surface area contributed by atoms with E-state index in [1.165, 1.54) is 5.56 Å². The fourth-order valence-electron chi connectivity index (χ4n) is 2.95. The van der Waals surface area contributed by atoms with Crippen LogP contribution in [0, 0.1) is 13.8 Å². The maximum absolute atomic E-state index is 12.0. The monoisotopic (exact) mass is 368 g/mol. The summed E-state index contributed by atoms with van der Waals surface area (Å²) in [5.41, 5.74) is 3.34. The maximum Gasteiger partial charge on any atom is 0.258 e. The molecule has 0 spiro atoms. The Hall–Kier alpha value is -2.60. The highest BCUT2D eigenvalue weighted by molar-refractivity contribution is 5.77. The Bertz CT molecular complexity index is 768. The number of carbonyl (C=O) groups excluding carboxylic acids is 1. The summed E-state index contributed by atoms with van der Waals surface area (Å²) in [6.45, 7) is 8.64. The van der Waals surface area contributed by atoms with Crippen LogP contribution in [-0.2, 0) is 11.3 Å². The summed E-state index contributed by atoms with van der Waals surface area (Å²) in [6, 6.07) is 9.87. The van der Waals surface area contributed by atoms with Gasteiger partial charge in [0.2, 0.25) is 0 Å². The van der Waals surface area contributed by atoms with Crippen LogP contribution in [0.5, 0.6) is 5.75 Å². The molecule has 1 saturated heterocycles. The number of hydrogen-bond acceptors (Lipinski definition) is 5. The average molecular weight is 368 g/mol. The maximum atomic E-state index is 12.0. The summed E-state index contributed by atoms with van der Waals surface area (Å²) in [4.78, 5) is 21.2. The van der Waals surface area contributed by atoms with E-state index >= 15 is 0 Å². The van der Waals surface area contributed by atoms with Gasteiger partial charge < -0.3 is 19.9 Å². The predicted molar refractivity (Wildman–Crippen MR) is 107 cm³/mol. The van der Waals surface area contributed by atoms with Crippen molar-refractivity contribution in [1.29, 1.82) is 0 Å². The van der Waals surface area contributed by atoms with Gasteiger partial charge >= 0.3 is 0 Å². The molecule has 2 aromatic rings. The van der Waals surface area contributed by atoms with Gasteiger partial charge in [-0.05, 0) is 55.8 Å². The first-order valence-corrected chi connectivity index (χ1v) is 9.36. The lowest BCUT2D eigenvalue weighted by molar-refractivity contribution is -0.123. The highest BCUT2D eigenvalue weighted by Gasteiger charge is 2.15. The van der Waals surface area contributed by atoms with E-state index in [4.69, 9.17) is 4.74 Å². The number of aromatic nitrogens is 1. The summed E-state index contributed by atoms with van der Waals surface area (Å²) in [6.07, 6.45) is 1.83. The van der Waals surface area contributed by atoms with Gasteiger partial charge in [-0.1, -0.05) is 12.1 Å². The minimum absolute atomic E-state index is 0.00923. The lowest BCUT2D eigenvalue weighted by Gasteiger charge is -2.33. The SMILES string of the molecule is Cc1ccc(OCC(=O)NCc2ccc(N3CCN(C)CC3)nc2)cc1C. The number of nitrogens with zero attached hydrogens (tertiary/aromatic N) is 3. The first-order chi connectivity index (χ1) is 13.0. The van der Waals surface area contributed by atoms with Gasteiger partial charge in [0.1, 0.15) is 11.6 Å². The second-order valence-electron chi connectivity index (χ2n) is 7.13. The molecular weight excluding hydrogens is 340 g/mol. The van der Waals surface area contributed by atoms with E-state index in [1.807, 2.05) is 43.5 Å². The number of carbonyl (C=O) groups is 1. The molecule has 0 radical (unpaired) electrons. The molecule has 6 heteroatoms. The van der Waals surface area contributed by atoms with Gasteiger partial charge in [0.15, 0.2) is 6.61 Å². The number of anilines is 1. The van der Waals surface area contributed by atoms with E-state index < -0.39 is 0 Å². The highest BCUT2D eigenvalue weighted by atomic mass is 16.5. The zero-order valence-electron chi connectivity index (χ0n) is 16.4. The minimum atomic E-state index is -0.142. The molecule has 0 unspecified atom stereocenters. The molecule has 1 amide bonds. The number of rotatable bonds is 6. The van der Waals surface area contributed by atoms with Crippen LogP contribution in [0.25, 0.3) is 0 Å². The number of likely N-dealkylation sites (N-methyl/N-ethyl adjacent to an activating group) is 1. The lowest BCUT2D eigenvalue weighted by atomic mass is 10.1. The molecule has 0 bridgehead atoms. The van der Waals surface area contributed by atoms with Crippen LogP contribution in [-0.4, -0.2) is 55.6 Å². The van der Waals surface area contributed by atoms with Gasteiger partial charge in [0.25, 0.3) is 5.91 Å². The van der Waals surface area contributed by atoms with Crippen LogP contribution in [0.4, 0.5) is 5.82 Å². The Labute approximate surface area is 161 Å². The van der Waals surface area contributed by atoms with Crippen molar-refractivity contribution in [3.05, 3.63) is 53.2 Å². The first-order valence-electron chi connectivity index (χ1n) is 9.36. The molecule has 0 saturated carbocycles. The van der Waals surface area contributed by atoms with Crippen LogP contribution < -0.4 is 15.0 Å². The van der Waals surface area contributed by atoms with E-state index in [0.29, 0.717) is 12.3 Å². The Kier molecular flexibility index (Phi) is 6.29. The Morgan fingerprint density at radius 1 is 1.11 bits per heavy atom. The summed E-state index contributed by atoms with van der Waals surface area (Å²) in [7, 11) is 2.14. The number of pyridine rings is 1. The minimum Gasteiger partial charge on any atom is -0.484 e. The van der Waals surface area contributed by atoms with Gasteiger partial charge in [-0.25, -0.2) is 4.98 Å². The average Bonchev–Trinajstić information content (AvgIpc) is 2.68. The van der Waals surface area contributed by atoms with Crippen LogP contribution >= 0.6 is 0 Å². The van der Waals surface area contributed by atoms with Gasteiger partial charge in [-0.3, -0.25) is 4.79 Å². The van der Waals surface area contributed by atoms with E-state index in [2.05, 4.69) is 34.1 Å². The lowest BCUT2D eigenvalue weighted by Crippen LogP contribution is -2.44. The van der Waals surface area contributed by atoms with Crippen LogP contribution in [0.15, 0.2) is 36.5 Å². The second kappa shape index (κ2) is 8.86. The summed E-state index contributed by atoms with van der Waals surface area (Å²) in [5.74, 6) is 1.57. The first kappa shape index (κ1) is 19.2. The Balaban J connectivity index is 1.43. The van der Waals surface area contributed by atoms with Crippen molar-refractivity contribution in [1.82, 2.24) is 15.2 Å². The third-order valence-electron chi connectivity index (χ3n) is 4.97. The second-order valence-corrected chi connectivity index (χ2v) is 7.13. The summed E-state index contributed by atoms with van der Waals surface area (Å²) in [5, 5.41) is 2.88. The van der Waals surface area contributed by atoms with Crippen molar-refractivity contribution >= 4 is 11.7 Å². The van der Waals surface area contributed by atoms with Crippen molar-refractivity contribution in [3.63, 3.8) is 0 Å². The molecule has 1 fully saturated rings. The molecule has 1 aromatic carbocycles. The molecule has 0 aliphatic carbocycles. The van der Waals surface area contributed by atoms with Crippen molar-refractivity contribution in [2.45, 2.75) is 20.4 Å². The number of amides is 1. The normalized spacial score (nSPS) is 14.9. The fraction of sp³-hybridized carbons (Fsp3) is 0.429. The van der Waals surface area contributed by atoms with Crippen LogP contribution in [0.3, 0.4) is 0 Å². The molecule has 1 N–H and O–H groups in total. The number of hydrogen-bond donors (Lipinski definition) is 1. The fourth-order valence-corrected chi connectivity index (χ4v) is 2.95. The molecule has 0 atom stereocenters. The van der Waals surface area contributed by atoms with Crippen molar-refractivity contribution in [2.24, 2.45) is 0 Å². The molecule has 3 rings (SSSR count). The summed E-state index contributed by atoms with van der Waals surface area (Å²) >= 11 is 0. The molecule has 6 nitrogen and oxygen atoms in total. The van der Waals surface area contributed by atoms with Gasteiger partial charge in [-0.2, -0.15) is 0 Å². The number of ether oxygens (including phenoxy) is 1. The Morgan fingerprint density at radius 3 is 2.56 bits per heavy atom. The molecular formula is C21H28N4O2. The molecule has 2 heterocycles. The topological polar surface area (TPSA) is 57.7 Å². The third-order valence-corrected chi connectivity index (χ3v) is 4.97. The van der Waals surface area contributed by atoms with Crippen LogP contribution in [0.2, 0.25) is 0 Å². The van der Waals surface area contributed by atoms with Crippen LogP contribution in [0.1, 0.15) is 16.7 Å². The van der Waals surface area contributed by atoms with E-state index in [1.54, 1.807) is 0 Å². The molecule has 144 valence electrons. The smallest absolute Gasteiger partial charge is 0.258 e. The molecule has 27 heavy (non-hydrogen) atoms. The number of piperazine rings is 1. The number of benzene rings is 1. The molecule has 1 aliphatic heterocycles. The molecule has 1 aromatic heterocycles. The van der Waals surface area contributed by atoms with E-state index in [0.717, 1.165) is 43.1 Å². The van der Waals surface area contributed by atoms with Gasteiger partial charge in [0.05, 0.1) is 0 Å². The Morgan fingerprint density at radius 2 is 1.89 bits per heavy atom. The van der Waals surface area contributed by atoms with E-state index in [9.17, 15) is 4.79 Å². The van der Waals surface area contributed by atoms with Gasteiger partial charge in [0, 0.05) is 38.9 Å². The summed E-state index contributed by atoms with van der Waals surface area (Å²) < 4.78 is 5.56. The standard InChI is InChI=1S/C21H28N4O2/c1-16-4-6-19(12-17(16)2)27-15-21(26)23-14-18-5-7-20(22-13-18)25-10-8-24(3)9-11-25/h4-7,12-13H,8-11,14-15H2,1-3H3,(H,23,26). The predicted octanol–water partition coefficient (Wildman–Crippen LogP) is 2.15. The van der Waals surface area contributed by atoms with Gasteiger partial charge in [-0.15, -0.1) is 0 Å². The van der Waals surface area contributed by atoms with Crippen molar-refractivity contribution < 1.29 is 9.53 Å². The highest BCUT2D eigenvalue weighted by Crippen LogP contribution is 2.16. The zero-order chi connectivity index (χ0) is 19.2. The van der Waals surface area contributed by atoms with Crippen molar-refractivity contribution in [2.75, 3.05) is 44.7 Å². The largest absolute Gasteiger partial charge is 0.484 e. The zero-order valence-corrected chi connectivity index (χ0v) is 16.4. The number of aryl methyl sites for hydroxylation is 2. The third kappa shape index (κ3) is 5.44. The quantitative estimate of drug-likeness (QED) is 0.847. The van der Waals surface area contributed by atoms with Crippen molar-refractivity contribution in [3.8, 4) is 5.75 Å². The molecule has 1 aliphatic rings. The van der Waals surface area contributed by atoms with E-state index in [-0.39, 0.29) is 12.5 Å². The number of nitrogens with one attached hydrogen (secondary N) is 1.